The van der Waals surface area contributed by atoms with Gasteiger partial charge in [0.05, 0.1) is 24.0 Å². The molecule has 0 bridgehead atoms. The summed E-state index contributed by atoms with van der Waals surface area (Å²) >= 11 is 0. The summed E-state index contributed by atoms with van der Waals surface area (Å²) in [6.07, 6.45) is -4.79. The molecule has 0 saturated carbocycles. The van der Waals surface area contributed by atoms with E-state index in [-0.39, 0.29) is 22.7 Å². The van der Waals surface area contributed by atoms with Gasteiger partial charge in [0, 0.05) is 18.4 Å². The third-order valence-electron chi connectivity index (χ3n) is 4.52. The van der Waals surface area contributed by atoms with Gasteiger partial charge < -0.3 is 24.8 Å². The molecule has 3 aromatic carbocycles. The molecule has 3 aromatic rings. The lowest BCUT2D eigenvalue weighted by Crippen LogP contribution is -2.17. The highest BCUT2D eigenvalue weighted by Crippen LogP contribution is 2.32. The zero-order valence-corrected chi connectivity index (χ0v) is 16.9. The average Bonchev–Trinajstić information content (AvgIpc) is 2.74. The number of aromatic carboxylic acids is 1. The van der Waals surface area contributed by atoms with E-state index in [2.05, 4.69) is 10.1 Å². The Balaban J connectivity index is 1.80. The summed E-state index contributed by atoms with van der Waals surface area (Å²) in [5, 5.41) is 12.1. The Hall–Kier alpha value is -3.95. The summed E-state index contributed by atoms with van der Waals surface area (Å²) < 4.78 is 60.5. The van der Waals surface area contributed by atoms with E-state index >= 15 is 0 Å². The van der Waals surface area contributed by atoms with Crippen LogP contribution in [0.5, 0.6) is 11.5 Å². The summed E-state index contributed by atoms with van der Waals surface area (Å²) in [7, 11) is 3.02. The van der Waals surface area contributed by atoms with Gasteiger partial charge in [-0.1, -0.05) is 0 Å². The molecule has 0 aromatic heterocycles. The van der Waals surface area contributed by atoms with Gasteiger partial charge >= 0.3 is 12.3 Å². The van der Waals surface area contributed by atoms with E-state index in [0.717, 1.165) is 12.1 Å². The molecule has 10 heteroatoms. The van der Waals surface area contributed by atoms with E-state index in [1.807, 2.05) is 0 Å². The molecule has 0 saturated heterocycles. The van der Waals surface area contributed by atoms with Gasteiger partial charge in [-0.05, 0) is 60.7 Å². The molecule has 0 heterocycles. The number of carboxylic acid groups (broad SMARTS) is 1. The Kier molecular flexibility index (Phi) is 6.42. The second kappa shape index (κ2) is 9.04. The fraction of sp³-hybridized carbons (Fsp3) is 0.136. The maximum atomic E-state index is 14.7. The molecule has 2 N–H and O–H groups in total. The fourth-order valence-electron chi connectivity index (χ4n) is 2.92. The van der Waals surface area contributed by atoms with Crippen molar-refractivity contribution in [1.82, 2.24) is 0 Å². The summed E-state index contributed by atoms with van der Waals surface area (Å²) in [4.78, 5) is 13.1. The minimum atomic E-state index is -4.79. The number of anilines is 4. The van der Waals surface area contributed by atoms with E-state index in [0.29, 0.717) is 17.1 Å². The van der Waals surface area contributed by atoms with Crippen LogP contribution in [-0.4, -0.2) is 31.6 Å². The van der Waals surface area contributed by atoms with Crippen LogP contribution < -0.4 is 19.7 Å². The van der Waals surface area contributed by atoms with E-state index < -0.39 is 18.1 Å². The van der Waals surface area contributed by atoms with Crippen molar-refractivity contribution in [2.75, 3.05) is 24.4 Å². The van der Waals surface area contributed by atoms with Crippen molar-refractivity contribution >= 4 is 28.7 Å². The Morgan fingerprint density at radius 2 is 1.53 bits per heavy atom. The number of methoxy groups -OCH3 is 1. The Bertz CT molecular complexity index is 1120. The van der Waals surface area contributed by atoms with Crippen LogP contribution in [0, 0.1) is 5.82 Å². The van der Waals surface area contributed by atoms with E-state index in [4.69, 9.17) is 4.74 Å². The molecule has 0 amide bonds. The van der Waals surface area contributed by atoms with Crippen molar-refractivity contribution in [2.45, 2.75) is 6.36 Å². The monoisotopic (exact) mass is 450 g/mol. The first-order chi connectivity index (χ1) is 15.1. The normalized spacial score (nSPS) is 11.1. The smallest absolute Gasteiger partial charge is 0.497 e. The third kappa shape index (κ3) is 5.39. The van der Waals surface area contributed by atoms with Crippen LogP contribution in [0.15, 0.2) is 60.7 Å². The molecule has 0 aliphatic heterocycles. The number of ether oxygens (including phenoxy) is 2. The SMILES string of the molecule is COc1ccc(Nc2ccc(N(C)c3ccc(OC(F)(F)F)cc3)cc2F)c(C(=O)O)c1. The van der Waals surface area contributed by atoms with E-state index in [1.54, 1.807) is 24.1 Å². The molecule has 0 unspecified atom stereocenters. The maximum absolute atomic E-state index is 14.7. The molecule has 0 fully saturated rings. The molecule has 0 radical (unpaired) electrons. The van der Waals surface area contributed by atoms with Crippen molar-refractivity contribution in [3.8, 4) is 11.5 Å². The molecule has 6 nitrogen and oxygen atoms in total. The second-order valence-electron chi connectivity index (χ2n) is 6.61. The van der Waals surface area contributed by atoms with Crippen molar-refractivity contribution in [2.24, 2.45) is 0 Å². The maximum Gasteiger partial charge on any atom is 0.573 e. The molecule has 3 rings (SSSR count). The third-order valence-corrected chi connectivity index (χ3v) is 4.52. The standard InChI is InChI=1S/C22H18F4N2O4/c1-28(13-3-6-15(7-4-13)32-22(24,25)26)14-5-9-20(18(23)11-14)27-19-10-8-16(31-2)12-17(19)21(29)30/h3-12,27H,1-2H3,(H,29,30). The van der Waals surface area contributed by atoms with E-state index in [9.17, 15) is 27.5 Å². The summed E-state index contributed by atoms with van der Waals surface area (Å²) in [5.74, 6) is -1.88. The predicted octanol–water partition coefficient (Wildman–Crippen LogP) is 5.94. The lowest BCUT2D eigenvalue weighted by Gasteiger charge is -2.21. The number of carboxylic acids is 1. The van der Waals surface area contributed by atoms with Gasteiger partial charge in [0.1, 0.15) is 17.3 Å². The first-order valence-electron chi connectivity index (χ1n) is 9.15. The van der Waals surface area contributed by atoms with Crippen molar-refractivity contribution in [3.63, 3.8) is 0 Å². The number of benzene rings is 3. The molecule has 0 aliphatic rings. The number of rotatable bonds is 7. The van der Waals surface area contributed by atoms with Crippen LogP contribution in [0.25, 0.3) is 0 Å². The first-order valence-corrected chi connectivity index (χ1v) is 9.15. The number of nitrogens with zero attached hydrogens (tertiary/aromatic N) is 1. The highest BCUT2D eigenvalue weighted by atomic mass is 19.4. The quantitative estimate of drug-likeness (QED) is 0.434. The van der Waals surface area contributed by atoms with Gasteiger partial charge in [0.2, 0.25) is 0 Å². The van der Waals surface area contributed by atoms with Gasteiger partial charge in [-0.15, -0.1) is 13.2 Å². The molecule has 32 heavy (non-hydrogen) atoms. The topological polar surface area (TPSA) is 71.0 Å². The minimum absolute atomic E-state index is 0.0451. The van der Waals surface area contributed by atoms with Crippen LogP contribution in [-0.2, 0) is 0 Å². The minimum Gasteiger partial charge on any atom is -0.497 e. The summed E-state index contributed by atoms with van der Waals surface area (Å²) in [5.41, 5.74) is 1.06. The van der Waals surface area contributed by atoms with Gasteiger partial charge in [0.15, 0.2) is 0 Å². The van der Waals surface area contributed by atoms with Gasteiger partial charge in [-0.25, -0.2) is 9.18 Å². The van der Waals surface area contributed by atoms with Crippen LogP contribution >= 0.6 is 0 Å². The van der Waals surface area contributed by atoms with Crippen molar-refractivity contribution in [3.05, 3.63) is 72.0 Å². The Labute approximate surface area is 180 Å². The average molecular weight is 450 g/mol. The van der Waals surface area contributed by atoms with Crippen molar-refractivity contribution < 1.29 is 36.9 Å². The summed E-state index contributed by atoms with van der Waals surface area (Å²) in [6.45, 7) is 0. The number of halogens is 4. The fourth-order valence-corrected chi connectivity index (χ4v) is 2.92. The van der Waals surface area contributed by atoms with Crippen LogP contribution in [0.3, 0.4) is 0 Å². The molecule has 0 aliphatic carbocycles. The number of hydrogen-bond donors (Lipinski definition) is 2. The van der Waals surface area contributed by atoms with Crippen LogP contribution in [0.2, 0.25) is 0 Å². The highest BCUT2D eigenvalue weighted by molar-refractivity contribution is 5.95. The lowest BCUT2D eigenvalue weighted by atomic mass is 10.1. The molecular formula is C22H18F4N2O4. The zero-order valence-electron chi connectivity index (χ0n) is 16.9. The highest BCUT2D eigenvalue weighted by Gasteiger charge is 2.31. The summed E-state index contributed by atoms with van der Waals surface area (Å²) in [6, 6.07) is 13.7. The molecular weight excluding hydrogens is 432 g/mol. The number of nitrogens with one attached hydrogen (secondary N) is 1. The predicted molar refractivity (Wildman–Crippen MR) is 111 cm³/mol. The van der Waals surface area contributed by atoms with Crippen LogP contribution in [0.4, 0.5) is 40.3 Å². The van der Waals surface area contributed by atoms with Gasteiger partial charge in [-0.2, -0.15) is 0 Å². The van der Waals surface area contributed by atoms with Gasteiger partial charge in [-0.3, -0.25) is 0 Å². The zero-order chi connectivity index (χ0) is 23.5. The van der Waals surface area contributed by atoms with E-state index in [1.165, 1.54) is 43.5 Å². The number of carbonyl (C=O) groups is 1. The van der Waals surface area contributed by atoms with Crippen LogP contribution in [0.1, 0.15) is 10.4 Å². The first kappa shape index (κ1) is 22.7. The molecule has 0 atom stereocenters. The Morgan fingerprint density at radius 1 is 0.938 bits per heavy atom. The number of hydrogen-bond acceptors (Lipinski definition) is 5. The number of alkyl halides is 3. The Morgan fingerprint density at radius 3 is 2.09 bits per heavy atom. The van der Waals surface area contributed by atoms with Crippen molar-refractivity contribution in [1.29, 1.82) is 0 Å². The molecule has 168 valence electrons. The second-order valence-corrected chi connectivity index (χ2v) is 6.61. The molecule has 0 spiro atoms. The largest absolute Gasteiger partial charge is 0.573 e. The lowest BCUT2D eigenvalue weighted by molar-refractivity contribution is -0.274. The van der Waals surface area contributed by atoms with Gasteiger partial charge in [0.25, 0.3) is 0 Å².